The second kappa shape index (κ2) is 8.63. The molecule has 3 aromatic carbocycles. The lowest BCUT2D eigenvalue weighted by atomic mass is 9.92. The van der Waals surface area contributed by atoms with E-state index in [0.29, 0.717) is 11.1 Å². The van der Waals surface area contributed by atoms with Crippen LogP contribution in [0.15, 0.2) is 73.1 Å². The Balaban J connectivity index is 1.18. The molecule has 4 heteroatoms. The van der Waals surface area contributed by atoms with E-state index < -0.39 is 0 Å². The van der Waals surface area contributed by atoms with Gasteiger partial charge in [0.15, 0.2) is 0 Å². The maximum atomic E-state index is 6.45. The van der Waals surface area contributed by atoms with E-state index in [1.165, 1.54) is 16.3 Å². The van der Waals surface area contributed by atoms with Crippen molar-refractivity contribution in [1.29, 1.82) is 0 Å². The van der Waals surface area contributed by atoms with Gasteiger partial charge < -0.3 is 10.1 Å². The molecule has 0 bridgehead atoms. The third-order valence-corrected chi connectivity index (χ3v) is 6.42. The van der Waals surface area contributed by atoms with Crippen LogP contribution in [0.2, 0.25) is 5.02 Å². The van der Waals surface area contributed by atoms with Gasteiger partial charge in [-0.2, -0.15) is 0 Å². The molecule has 152 valence electrons. The monoisotopic (exact) mass is 416 g/mol. The molecule has 30 heavy (non-hydrogen) atoms. The van der Waals surface area contributed by atoms with Crippen LogP contribution in [0.25, 0.3) is 21.5 Å². The molecular formula is C26H25ClN2O. The van der Waals surface area contributed by atoms with Gasteiger partial charge in [0.1, 0.15) is 5.75 Å². The number of fused-ring (bicyclic) bond motifs is 2. The smallest absolute Gasteiger partial charge is 0.138 e. The number of nitrogens with one attached hydrogen (secondary N) is 1. The minimum atomic E-state index is 0.220. The molecular weight excluding hydrogens is 392 g/mol. The zero-order valence-electron chi connectivity index (χ0n) is 16.9. The first kappa shape index (κ1) is 19.3. The van der Waals surface area contributed by atoms with Gasteiger partial charge in [-0.3, -0.25) is 4.98 Å². The van der Waals surface area contributed by atoms with Crippen molar-refractivity contribution in [1.82, 2.24) is 10.3 Å². The molecule has 5 rings (SSSR count). The van der Waals surface area contributed by atoms with Crippen molar-refractivity contribution >= 4 is 33.1 Å². The third kappa shape index (κ3) is 4.14. The van der Waals surface area contributed by atoms with Crippen LogP contribution in [0.1, 0.15) is 31.2 Å². The second-order valence-electron chi connectivity index (χ2n) is 8.12. The first-order valence-electron chi connectivity index (χ1n) is 10.7. The number of pyridine rings is 1. The van der Waals surface area contributed by atoms with Crippen molar-refractivity contribution in [3.05, 3.63) is 83.6 Å². The predicted octanol–water partition coefficient (Wildman–Crippen LogP) is 6.52. The van der Waals surface area contributed by atoms with Crippen molar-refractivity contribution in [2.24, 2.45) is 0 Å². The Bertz CT molecular complexity index is 1160. The van der Waals surface area contributed by atoms with Gasteiger partial charge in [-0.15, -0.1) is 0 Å². The van der Waals surface area contributed by atoms with E-state index in [0.717, 1.165) is 48.8 Å². The highest BCUT2D eigenvalue weighted by molar-refractivity contribution is 6.32. The van der Waals surface area contributed by atoms with Gasteiger partial charge in [0.2, 0.25) is 0 Å². The Hall–Kier alpha value is -2.62. The summed E-state index contributed by atoms with van der Waals surface area (Å²) in [4.78, 5) is 4.16. The highest BCUT2D eigenvalue weighted by Crippen LogP contribution is 2.33. The molecule has 4 aromatic rings. The van der Waals surface area contributed by atoms with Crippen molar-refractivity contribution in [3.8, 4) is 5.75 Å². The molecule has 0 unspecified atom stereocenters. The number of aromatic nitrogens is 1. The fourth-order valence-corrected chi connectivity index (χ4v) is 4.66. The normalized spacial score (nSPS) is 19.2. The van der Waals surface area contributed by atoms with Gasteiger partial charge in [0.25, 0.3) is 0 Å². The van der Waals surface area contributed by atoms with E-state index in [1.807, 2.05) is 24.4 Å². The Labute approximate surface area is 182 Å². The average Bonchev–Trinajstić information content (AvgIpc) is 2.79. The number of hydrogen-bond acceptors (Lipinski definition) is 3. The fraction of sp³-hybridized carbons (Fsp3) is 0.269. The second-order valence-corrected chi connectivity index (χ2v) is 8.52. The molecule has 3 nitrogen and oxygen atoms in total. The molecule has 1 aromatic heterocycles. The summed E-state index contributed by atoms with van der Waals surface area (Å²) in [5, 5.41) is 9.21. The topological polar surface area (TPSA) is 34.1 Å². The van der Waals surface area contributed by atoms with Gasteiger partial charge in [-0.05, 0) is 65.6 Å². The van der Waals surface area contributed by atoms with Crippen LogP contribution in [0.4, 0.5) is 0 Å². The van der Waals surface area contributed by atoms with Crippen LogP contribution in [-0.2, 0) is 6.54 Å². The van der Waals surface area contributed by atoms with Crippen LogP contribution < -0.4 is 10.1 Å². The van der Waals surface area contributed by atoms with E-state index in [1.54, 1.807) is 6.20 Å². The summed E-state index contributed by atoms with van der Waals surface area (Å²) in [6, 6.07) is 21.6. The number of nitrogens with zero attached hydrogens (tertiary/aromatic N) is 1. The number of halogens is 1. The van der Waals surface area contributed by atoms with Crippen LogP contribution in [0.5, 0.6) is 5.75 Å². The maximum Gasteiger partial charge on any atom is 0.138 e. The molecule has 0 saturated heterocycles. The molecule has 1 saturated carbocycles. The molecule has 0 atom stereocenters. The number of hydrogen-bond donors (Lipinski definition) is 1. The first-order chi connectivity index (χ1) is 14.8. The summed E-state index contributed by atoms with van der Waals surface area (Å²) in [5.41, 5.74) is 1.36. The van der Waals surface area contributed by atoms with Crippen LogP contribution in [-0.4, -0.2) is 17.1 Å². The highest BCUT2D eigenvalue weighted by atomic mass is 35.5. The zero-order valence-corrected chi connectivity index (χ0v) is 17.6. The molecule has 1 fully saturated rings. The SMILES string of the molecule is Clc1cc2cnccc2cc1OC1CCC(NCc2cccc3ccccc23)CC1. The summed E-state index contributed by atoms with van der Waals surface area (Å²) in [6.45, 7) is 0.905. The average molecular weight is 417 g/mol. The molecule has 0 aliphatic heterocycles. The molecule has 1 aliphatic rings. The van der Waals surface area contributed by atoms with E-state index in [-0.39, 0.29) is 6.10 Å². The van der Waals surface area contributed by atoms with Gasteiger partial charge >= 0.3 is 0 Å². The van der Waals surface area contributed by atoms with Crippen molar-refractivity contribution in [2.75, 3.05) is 0 Å². The summed E-state index contributed by atoms with van der Waals surface area (Å²) >= 11 is 6.45. The van der Waals surface area contributed by atoms with E-state index in [9.17, 15) is 0 Å². The summed E-state index contributed by atoms with van der Waals surface area (Å²) in [7, 11) is 0. The minimum absolute atomic E-state index is 0.220. The van der Waals surface area contributed by atoms with Gasteiger partial charge in [0, 0.05) is 30.4 Å². The van der Waals surface area contributed by atoms with E-state index in [2.05, 4.69) is 52.8 Å². The lowest BCUT2D eigenvalue weighted by Crippen LogP contribution is -2.36. The first-order valence-corrected chi connectivity index (χ1v) is 11.0. The molecule has 0 spiro atoms. The van der Waals surface area contributed by atoms with Crippen molar-refractivity contribution in [3.63, 3.8) is 0 Å². The Kier molecular flexibility index (Phi) is 5.56. The molecule has 0 radical (unpaired) electrons. The lowest BCUT2D eigenvalue weighted by molar-refractivity contribution is 0.139. The number of benzene rings is 3. The lowest BCUT2D eigenvalue weighted by Gasteiger charge is -2.30. The van der Waals surface area contributed by atoms with Crippen LogP contribution in [0, 0.1) is 0 Å². The maximum absolute atomic E-state index is 6.45. The van der Waals surface area contributed by atoms with E-state index >= 15 is 0 Å². The van der Waals surface area contributed by atoms with Crippen LogP contribution in [0.3, 0.4) is 0 Å². The Morgan fingerprint density at radius 1 is 0.900 bits per heavy atom. The van der Waals surface area contributed by atoms with Gasteiger partial charge in [0.05, 0.1) is 11.1 Å². The van der Waals surface area contributed by atoms with E-state index in [4.69, 9.17) is 16.3 Å². The van der Waals surface area contributed by atoms with Gasteiger partial charge in [-0.1, -0.05) is 54.1 Å². The minimum Gasteiger partial charge on any atom is -0.489 e. The highest BCUT2D eigenvalue weighted by Gasteiger charge is 2.23. The molecule has 1 N–H and O–H groups in total. The summed E-state index contributed by atoms with van der Waals surface area (Å²) in [5.74, 6) is 0.780. The molecule has 1 heterocycles. The fourth-order valence-electron chi connectivity index (χ4n) is 4.44. The zero-order chi connectivity index (χ0) is 20.3. The third-order valence-electron chi connectivity index (χ3n) is 6.12. The quantitative estimate of drug-likeness (QED) is 0.402. The Morgan fingerprint density at radius 2 is 1.73 bits per heavy atom. The van der Waals surface area contributed by atoms with Crippen molar-refractivity contribution in [2.45, 2.75) is 44.4 Å². The van der Waals surface area contributed by atoms with Crippen LogP contribution >= 0.6 is 11.6 Å². The molecule has 0 amide bonds. The standard InChI is InChI=1S/C26H25ClN2O/c27-25-14-21-16-28-13-12-19(21)15-26(25)30-23-10-8-22(9-11-23)29-17-20-6-3-5-18-4-1-2-7-24(18)20/h1-7,12-16,22-23,29H,8-11,17H2. The number of ether oxygens (including phenoxy) is 1. The summed E-state index contributed by atoms with van der Waals surface area (Å²) < 4.78 is 6.28. The predicted molar refractivity (Wildman–Crippen MR) is 124 cm³/mol. The van der Waals surface area contributed by atoms with Crippen molar-refractivity contribution < 1.29 is 4.74 Å². The van der Waals surface area contributed by atoms with Gasteiger partial charge in [-0.25, -0.2) is 0 Å². The molecule has 1 aliphatic carbocycles. The number of rotatable bonds is 5. The Morgan fingerprint density at radius 3 is 2.63 bits per heavy atom. The largest absolute Gasteiger partial charge is 0.489 e. The summed E-state index contributed by atoms with van der Waals surface area (Å²) in [6.07, 6.45) is 8.16.